The molecule has 0 amide bonds. The Balaban J connectivity index is 1.45. The number of benzene rings is 4. The van der Waals surface area contributed by atoms with Gasteiger partial charge in [0.25, 0.3) is 0 Å². The van der Waals surface area contributed by atoms with Crippen molar-refractivity contribution >= 4 is 0 Å². The monoisotopic (exact) mass is 450 g/mol. The molecule has 0 fully saturated rings. The van der Waals surface area contributed by atoms with Crippen LogP contribution in [0.4, 0.5) is 0 Å². The maximum Gasteiger partial charge on any atom is 0.231 e. The first kappa shape index (κ1) is 22.2. The first-order chi connectivity index (χ1) is 16.8. The van der Waals surface area contributed by atoms with E-state index in [9.17, 15) is 0 Å². The van der Waals surface area contributed by atoms with Gasteiger partial charge in [0.15, 0.2) is 11.5 Å². The predicted octanol–water partition coefficient (Wildman–Crippen LogP) is 5.71. The molecule has 4 nitrogen and oxygen atoms in total. The maximum atomic E-state index is 5.81. The Morgan fingerprint density at radius 3 is 1.85 bits per heavy atom. The molecule has 0 spiro atoms. The lowest BCUT2D eigenvalue weighted by Gasteiger charge is -2.29. The molecule has 0 saturated carbocycles. The quantitative estimate of drug-likeness (QED) is 0.355. The van der Waals surface area contributed by atoms with Crippen molar-refractivity contribution in [1.82, 2.24) is 4.90 Å². The third-order valence-corrected chi connectivity index (χ3v) is 6.35. The Morgan fingerprint density at radius 2 is 1.21 bits per heavy atom. The Hall–Kier alpha value is -3.60. The molecule has 0 atom stereocenters. The average molecular weight is 451 g/mol. The second kappa shape index (κ2) is 10.6. The summed E-state index contributed by atoms with van der Waals surface area (Å²) in [7, 11) is 0. The van der Waals surface area contributed by atoms with Gasteiger partial charge in [0, 0.05) is 32.1 Å². The molecule has 0 aliphatic carbocycles. The van der Waals surface area contributed by atoms with E-state index >= 15 is 0 Å². The molecular formula is C30H30N2O2. The van der Waals surface area contributed by atoms with Crippen LogP contribution in [0.2, 0.25) is 0 Å². The van der Waals surface area contributed by atoms with Crippen LogP contribution in [-0.2, 0) is 19.6 Å². The summed E-state index contributed by atoms with van der Waals surface area (Å²) >= 11 is 0. The lowest BCUT2D eigenvalue weighted by atomic mass is 9.90. The summed E-state index contributed by atoms with van der Waals surface area (Å²) in [5.74, 6) is 1.91. The van der Waals surface area contributed by atoms with Gasteiger partial charge in [-0.15, -0.1) is 0 Å². The fraction of sp³-hybridized carbons (Fsp3) is 0.200. The maximum absolute atomic E-state index is 5.81. The second-order valence-corrected chi connectivity index (χ2v) is 8.75. The zero-order valence-electron chi connectivity index (χ0n) is 19.3. The van der Waals surface area contributed by atoms with Gasteiger partial charge in [-0.3, -0.25) is 4.90 Å². The highest BCUT2D eigenvalue weighted by atomic mass is 16.7. The molecule has 1 heterocycles. The molecular weight excluding hydrogens is 420 g/mol. The normalized spacial score (nSPS) is 12.4. The smallest absolute Gasteiger partial charge is 0.231 e. The molecule has 0 aromatic heterocycles. The van der Waals surface area contributed by atoms with Crippen molar-refractivity contribution in [2.24, 2.45) is 5.73 Å². The predicted molar refractivity (Wildman–Crippen MR) is 136 cm³/mol. The van der Waals surface area contributed by atoms with Crippen LogP contribution in [0.1, 0.15) is 33.7 Å². The van der Waals surface area contributed by atoms with Crippen LogP contribution in [-0.4, -0.2) is 18.2 Å². The van der Waals surface area contributed by atoms with Crippen LogP contribution in [0.15, 0.2) is 103 Å². The van der Waals surface area contributed by atoms with Crippen LogP contribution < -0.4 is 15.2 Å². The van der Waals surface area contributed by atoms with Gasteiger partial charge in [-0.25, -0.2) is 0 Å². The topological polar surface area (TPSA) is 47.7 Å². The molecule has 4 aromatic carbocycles. The van der Waals surface area contributed by atoms with E-state index in [-0.39, 0.29) is 5.92 Å². The molecule has 0 unspecified atom stereocenters. The second-order valence-electron chi connectivity index (χ2n) is 8.75. The molecule has 34 heavy (non-hydrogen) atoms. The lowest BCUT2D eigenvalue weighted by molar-refractivity contribution is 0.174. The first-order valence-electron chi connectivity index (χ1n) is 11.8. The van der Waals surface area contributed by atoms with Crippen molar-refractivity contribution in [1.29, 1.82) is 0 Å². The van der Waals surface area contributed by atoms with Crippen LogP contribution in [0, 0.1) is 0 Å². The van der Waals surface area contributed by atoms with Gasteiger partial charge in [0.2, 0.25) is 6.79 Å². The van der Waals surface area contributed by atoms with E-state index < -0.39 is 0 Å². The van der Waals surface area contributed by atoms with Crippen LogP contribution in [0.5, 0.6) is 11.5 Å². The summed E-state index contributed by atoms with van der Waals surface area (Å²) in [5.41, 5.74) is 12.1. The van der Waals surface area contributed by atoms with Gasteiger partial charge in [-0.1, -0.05) is 91.0 Å². The van der Waals surface area contributed by atoms with Gasteiger partial charge in [-0.2, -0.15) is 0 Å². The van der Waals surface area contributed by atoms with Crippen molar-refractivity contribution in [3.05, 3.63) is 131 Å². The standard InChI is InChI=1S/C30H30N2O2/c31-18-23-11-13-24(14-12-23)19-32(20-25-15-16-29-30(17-25)34-22-33-29)21-28(26-7-3-1-4-8-26)27-9-5-2-6-10-27/h1-17,28H,18-22,31H2. The number of nitrogens with zero attached hydrogens (tertiary/aromatic N) is 1. The Bertz CT molecular complexity index is 1150. The molecule has 172 valence electrons. The molecule has 4 aromatic rings. The Labute approximate surface area is 201 Å². The van der Waals surface area contributed by atoms with Gasteiger partial charge in [0.1, 0.15) is 0 Å². The van der Waals surface area contributed by atoms with Crippen molar-refractivity contribution < 1.29 is 9.47 Å². The highest BCUT2D eigenvalue weighted by Gasteiger charge is 2.20. The molecule has 1 aliphatic rings. The van der Waals surface area contributed by atoms with Crippen LogP contribution >= 0.6 is 0 Å². The molecule has 0 radical (unpaired) electrons. The Morgan fingerprint density at radius 1 is 0.647 bits per heavy atom. The minimum Gasteiger partial charge on any atom is -0.454 e. The molecule has 4 heteroatoms. The summed E-state index contributed by atoms with van der Waals surface area (Å²) in [6.45, 7) is 3.40. The van der Waals surface area contributed by atoms with E-state index in [0.29, 0.717) is 13.3 Å². The SMILES string of the molecule is NCc1ccc(CN(Cc2ccc3c(c2)OCO3)CC(c2ccccc2)c2ccccc2)cc1. The number of hydrogen-bond acceptors (Lipinski definition) is 4. The lowest BCUT2D eigenvalue weighted by Crippen LogP contribution is -2.28. The van der Waals surface area contributed by atoms with Crippen molar-refractivity contribution in [2.45, 2.75) is 25.6 Å². The molecule has 0 saturated heterocycles. The largest absolute Gasteiger partial charge is 0.454 e. The fourth-order valence-electron chi connectivity index (χ4n) is 4.55. The van der Waals surface area contributed by atoms with Crippen molar-refractivity contribution in [2.75, 3.05) is 13.3 Å². The fourth-order valence-corrected chi connectivity index (χ4v) is 4.55. The zero-order chi connectivity index (χ0) is 23.2. The number of hydrogen-bond donors (Lipinski definition) is 1. The van der Waals surface area contributed by atoms with Crippen LogP contribution in [0.25, 0.3) is 0 Å². The minimum absolute atomic E-state index is 0.264. The number of rotatable bonds is 9. The summed E-state index contributed by atoms with van der Waals surface area (Å²) in [4.78, 5) is 2.51. The summed E-state index contributed by atoms with van der Waals surface area (Å²) < 4.78 is 11.1. The van der Waals surface area contributed by atoms with E-state index in [1.54, 1.807) is 0 Å². The average Bonchev–Trinajstić information content (AvgIpc) is 3.37. The van der Waals surface area contributed by atoms with Crippen molar-refractivity contribution in [3.8, 4) is 11.5 Å². The van der Waals surface area contributed by atoms with Gasteiger partial charge < -0.3 is 15.2 Å². The van der Waals surface area contributed by atoms with Gasteiger partial charge in [-0.05, 0) is 39.9 Å². The summed E-state index contributed by atoms with van der Waals surface area (Å²) in [6.07, 6.45) is 0. The van der Waals surface area contributed by atoms with E-state index in [4.69, 9.17) is 15.2 Å². The zero-order valence-corrected chi connectivity index (χ0v) is 19.3. The van der Waals surface area contributed by atoms with Gasteiger partial charge in [0.05, 0.1) is 0 Å². The van der Waals surface area contributed by atoms with Crippen LogP contribution in [0.3, 0.4) is 0 Å². The molecule has 0 bridgehead atoms. The molecule has 5 rings (SSSR count). The van der Waals surface area contributed by atoms with E-state index in [2.05, 4.69) is 102 Å². The highest BCUT2D eigenvalue weighted by Crippen LogP contribution is 2.33. The van der Waals surface area contributed by atoms with Gasteiger partial charge >= 0.3 is 0 Å². The molecule has 2 N–H and O–H groups in total. The molecule has 1 aliphatic heterocycles. The first-order valence-corrected chi connectivity index (χ1v) is 11.8. The third kappa shape index (κ3) is 5.30. The van der Waals surface area contributed by atoms with E-state index in [1.165, 1.54) is 22.3 Å². The minimum atomic E-state index is 0.264. The third-order valence-electron chi connectivity index (χ3n) is 6.35. The van der Waals surface area contributed by atoms with E-state index in [1.807, 2.05) is 6.07 Å². The number of nitrogens with two attached hydrogens (primary N) is 1. The number of ether oxygens (including phenoxy) is 2. The van der Waals surface area contributed by atoms with E-state index in [0.717, 1.165) is 36.7 Å². The Kier molecular flexibility index (Phi) is 6.89. The number of fused-ring (bicyclic) bond motifs is 1. The van der Waals surface area contributed by atoms with Crippen molar-refractivity contribution in [3.63, 3.8) is 0 Å². The summed E-state index contributed by atoms with van der Waals surface area (Å²) in [5, 5.41) is 0. The highest BCUT2D eigenvalue weighted by molar-refractivity contribution is 5.44. The summed E-state index contributed by atoms with van der Waals surface area (Å²) in [6, 6.07) is 36.4.